The van der Waals surface area contributed by atoms with Crippen LogP contribution >= 0.6 is 0 Å². The average Bonchev–Trinajstić information content (AvgIpc) is 1.63. The molecule has 0 fully saturated rings. The number of hydrogen-bond donors (Lipinski definition) is 2. The van der Waals surface area contributed by atoms with Gasteiger partial charge in [0.25, 0.3) is 0 Å². The first kappa shape index (κ1) is 8.62. The van der Waals surface area contributed by atoms with Gasteiger partial charge in [-0.25, -0.2) is 5.90 Å². The van der Waals surface area contributed by atoms with Crippen LogP contribution in [0.5, 0.6) is 0 Å². The van der Waals surface area contributed by atoms with Crippen LogP contribution in [0.15, 0.2) is 12.2 Å². The van der Waals surface area contributed by atoms with E-state index in [1.165, 1.54) is 0 Å². The summed E-state index contributed by atoms with van der Waals surface area (Å²) in [6.07, 6.45) is 0.0458. The topological polar surface area (TPSA) is 55.5 Å². The Kier molecular flexibility index (Phi) is 4.30. The summed E-state index contributed by atoms with van der Waals surface area (Å²) in [5.41, 5.74) is 0.930. The molecule has 0 aromatic heterocycles. The van der Waals surface area contributed by atoms with E-state index in [2.05, 4.69) is 11.4 Å². The van der Waals surface area contributed by atoms with Crippen molar-refractivity contribution in [2.24, 2.45) is 5.90 Å². The lowest BCUT2D eigenvalue weighted by Gasteiger charge is -2.06. The number of hydrogen-bond acceptors (Lipinski definition) is 3. The predicted molar refractivity (Wildman–Crippen MR) is 35.6 cm³/mol. The lowest BCUT2D eigenvalue weighted by atomic mass is 10.2. The highest BCUT2D eigenvalue weighted by Gasteiger charge is 2.01. The van der Waals surface area contributed by atoms with Crippen LogP contribution in [0.2, 0.25) is 0 Å². The summed E-state index contributed by atoms with van der Waals surface area (Å²) in [5.74, 6) is 4.72. The van der Waals surface area contributed by atoms with E-state index >= 15 is 0 Å². The van der Waals surface area contributed by atoms with Crippen LogP contribution in [0.4, 0.5) is 0 Å². The van der Waals surface area contributed by atoms with Crippen LogP contribution < -0.4 is 5.90 Å². The van der Waals surface area contributed by atoms with Crippen molar-refractivity contribution in [1.82, 2.24) is 0 Å². The molecule has 0 aliphatic rings. The Hall–Kier alpha value is -0.380. The van der Waals surface area contributed by atoms with E-state index in [1.54, 1.807) is 0 Å². The van der Waals surface area contributed by atoms with Crippen LogP contribution in [0.1, 0.15) is 13.3 Å². The van der Waals surface area contributed by atoms with Gasteiger partial charge in [-0.05, 0) is 13.3 Å². The summed E-state index contributed by atoms with van der Waals surface area (Å²) in [7, 11) is 0. The van der Waals surface area contributed by atoms with E-state index in [1.807, 2.05) is 6.92 Å². The second-order valence-electron chi connectivity index (χ2n) is 2.15. The lowest BCUT2D eigenvalue weighted by Crippen LogP contribution is -2.17. The molecule has 0 heterocycles. The Morgan fingerprint density at radius 2 is 2.44 bits per heavy atom. The second kappa shape index (κ2) is 4.49. The highest BCUT2D eigenvalue weighted by Crippen LogP contribution is 2.00. The molecular formula is C6H13NO2. The third-order valence-corrected chi connectivity index (χ3v) is 0.873. The first-order valence-corrected chi connectivity index (χ1v) is 2.81. The third kappa shape index (κ3) is 5.49. The SMILES string of the molecule is C=C(C)C[C@H](O)CON. The molecule has 3 heteroatoms. The molecule has 3 N–H and O–H groups in total. The van der Waals surface area contributed by atoms with E-state index in [-0.39, 0.29) is 6.61 Å². The molecule has 0 saturated heterocycles. The molecule has 0 bridgehead atoms. The quantitative estimate of drug-likeness (QED) is 0.423. The summed E-state index contributed by atoms with van der Waals surface area (Å²) < 4.78 is 0. The van der Waals surface area contributed by atoms with Crippen molar-refractivity contribution < 1.29 is 9.94 Å². The predicted octanol–water partition coefficient (Wildman–Crippen LogP) is 0.204. The van der Waals surface area contributed by atoms with Gasteiger partial charge in [0.05, 0.1) is 12.7 Å². The smallest absolute Gasteiger partial charge is 0.0941 e. The van der Waals surface area contributed by atoms with Gasteiger partial charge in [0.2, 0.25) is 0 Å². The van der Waals surface area contributed by atoms with Gasteiger partial charge in [0.1, 0.15) is 0 Å². The first-order valence-electron chi connectivity index (χ1n) is 2.81. The van der Waals surface area contributed by atoms with Crippen LogP contribution in [0.3, 0.4) is 0 Å². The van der Waals surface area contributed by atoms with Gasteiger partial charge in [-0.2, -0.15) is 0 Å². The largest absolute Gasteiger partial charge is 0.390 e. The van der Waals surface area contributed by atoms with Crippen LogP contribution in [0, 0.1) is 0 Å². The van der Waals surface area contributed by atoms with Gasteiger partial charge >= 0.3 is 0 Å². The van der Waals surface area contributed by atoms with E-state index in [9.17, 15) is 0 Å². The fraction of sp³-hybridized carbons (Fsp3) is 0.667. The van der Waals surface area contributed by atoms with E-state index in [0.717, 1.165) is 5.57 Å². The first-order chi connectivity index (χ1) is 4.16. The minimum Gasteiger partial charge on any atom is -0.390 e. The minimum atomic E-state index is -0.507. The Labute approximate surface area is 55.1 Å². The zero-order valence-corrected chi connectivity index (χ0v) is 5.63. The highest BCUT2D eigenvalue weighted by atomic mass is 16.6. The maximum Gasteiger partial charge on any atom is 0.0941 e. The highest BCUT2D eigenvalue weighted by molar-refractivity contribution is 4.90. The Balaban J connectivity index is 3.26. The van der Waals surface area contributed by atoms with Gasteiger partial charge < -0.3 is 9.94 Å². The monoisotopic (exact) mass is 131 g/mol. The van der Waals surface area contributed by atoms with E-state index in [0.29, 0.717) is 6.42 Å². The van der Waals surface area contributed by atoms with Gasteiger partial charge in [-0.15, -0.1) is 6.58 Å². The fourth-order valence-electron chi connectivity index (χ4n) is 0.572. The van der Waals surface area contributed by atoms with Gasteiger partial charge in [-0.3, -0.25) is 0 Å². The maximum absolute atomic E-state index is 8.95. The zero-order chi connectivity index (χ0) is 7.28. The van der Waals surface area contributed by atoms with Crippen molar-refractivity contribution in [3.63, 3.8) is 0 Å². The van der Waals surface area contributed by atoms with Crippen molar-refractivity contribution in [3.05, 3.63) is 12.2 Å². The summed E-state index contributed by atoms with van der Waals surface area (Å²) in [5, 5.41) is 8.95. The molecule has 9 heavy (non-hydrogen) atoms. The van der Waals surface area contributed by atoms with Crippen molar-refractivity contribution in [2.75, 3.05) is 6.61 Å². The molecule has 0 aliphatic heterocycles. The number of nitrogens with two attached hydrogens (primary N) is 1. The molecule has 0 aromatic rings. The maximum atomic E-state index is 8.95. The lowest BCUT2D eigenvalue weighted by molar-refractivity contribution is 0.0370. The molecule has 0 spiro atoms. The van der Waals surface area contributed by atoms with Crippen molar-refractivity contribution >= 4 is 0 Å². The normalized spacial score (nSPS) is 13.2. The molecule has 3 nitrogen and oxygen atoms in total. The number of aliphatic hydroxyl groups excluding tert-OH is 1. The molecule has 0 rings (SSSR count). The average molecular weight is 131 g/mol. The summed E-state index contributed by atoms with van der Waals surface area (Å²) >= 11 is 0. The van der Waals surface area contributed by atoms with Crippen molar-refractivity contribution in [2.45, 2.75) is 19.4 Å². The molecule has 0 unspecified atom stereocenters. The van der Waals surface area contributed by atoms with Gasteiger partial charge in [0.15, 0.2) is 0 Å². The third-order valence-electron chi connectivity index (χ3n) is 0.873. The molecular weight excluding hydrogens is 118 g/mol. The zero-order valence-electron chi connectivity index (χ0n) is 5.63. The van der Waals surface area contributed by atoms with Crippen LogP contribution in [-0.2, 0) is 4.84 Å². The molecule has 0 radical (unpaired) electrons. The summed E-state index contributed by atoms with van der Waals surface area (Å²) in [6.45, 7) is 5.64. The molecule has 1 atom stereocenters. The molecule has 0 aliphatic carbocycles. The van der Waals surface area contributed by atoms with Gasteiger partial charge in [0, 0.05) is 0 Å². The van der Waals surface area contributed by atoms with Crippen molar-refractivity contribution in [1.29, 1.82) is 0 Å². The number of aliphatic hydroxyl groups is 1. The molecule has 54 valence electrons. The molecule has 0 saturated carbocycles. The fourth-order valence-corrected chi connectivity index (χ4v) is 0.572. The van der Waals surface area contributed by atoms with Gasteiger partial charge in [-0.1, -0.05) is 5.57 Å². The van der Waals surface area contributed by atoms with Crippen LogP contribution in [-0.4, -0.2) is 17.8 Å². The summed E-state index contributed by atoms with van der Waals surface area (Å²) in [6, 6.07) is 0. The van der Waals surface area contributed by atoms with Crippen LogP contribution in [0.25, 0.3) is 0 Å². The molecule has 0 aromatic carbocycles. The Morgan fingerprint density at radius 1 is 1.89 bits per heavy atom. The van der Waals surface area contributed by atoms with E-state index in [4.69, 9.17) is 11.0 Å². The summed E-state index contributed by atoms with van der Waals surface area (Å²) in [4.78, 5) is 4.21. The minimum absolute atomic E-state index is 0.173. The second-order valence-corrected chi connectivity index (χ2v) is 2.15. The van der Waals surface area contributed by atoms with Crippen molar-refractivity contribution in [3.8, 4) is 0 Å². The Morgan fingerprint density at radius 3 is 2.78 bits per heavy atom. The Bertz CT molecular complexity index is 93.1. The molecule has 0 amide bonds. The van der Waals surface area contributed by atoms with E-state index < -0.39 is 6.10 Å². The number of rotatable bonds is 4. The standard InChI is InChI=1S/C6H13NO2/c1-5(2)3-6(8)4-9-7/h6,8H,1,3-4,7H2,2H3/t6-/m0/s1.